The van der Waals surface area contributed by atoms with Crippen LogP contribution in [0.25, 0.3) is 10.2 Å². The Labute approximate surface area is 184 Å². The van der Waals surface area contributed by atoms with Crippen molar-refractivity contribution >= 4 is 39.1 Å². The molecule has 1 atom stereocenters. The first-order valence-corrected chi connectivity index (χ1v) is 10.8. The highest BCUT2D eigenvalue weighted by molar-refractivity contribution is 7.20. The van der Waals surface area contributed by atoms with Crippen molar-refractivity contribution in [1.82, 2.24) is 20.0 Å². The summed E-state index contributed by atoms with van der Waals surface area (Å²) in [5, 5.41) is 9.37. The fourth-order valence-electron chi connectivity index (χ4n) is 3.41. The van der Waals surface area contributed by atoms with E-state index in [2.05, 4.69) is 10.4 Å². The Morgan fingerprint density at radius 1 is 1.30 bits per heavy atom. The van der Waals surface area contributed by atoms with Gasteiger partial charge < -0.3 is 9.73 Å². The highest BCUT2D eigenvalue weighted by Gasteiger charge is 2.21. The van der Waals surface area contributed by atoms with Gasteiger partial charge in [0.25, 0.3) is 5.91 Å². The lowest BCUT2D eigenvalue weighted by molar-refractivity contribution is 0.0943. The predicted molar refractivity (Wildman–Crippen MR) is 120 cm³/mol. The average Bonchev–Trinajstić information content (AvgIpc) is 3.43. The summed E-state index contributed by atoms with van der Waals surface area (Å²) >= 11 is 7.76. The quantitative estimate of drug-likeness (QED) is 0.449. The van der Waals surface area contributed by atoms with E-state index in [1.807, 2.05) is 73.1 Å². The van der Waals surface area contributed by atoms with Gasteiger partial charge in [0, 0.05) is 17.0 Å². The molecule has 0 unspecified atom stereocenters. The Kier molecular flexibility index (Phi) is 5.94. The minimum absolute atomic E-state index is 0.0317. The molecule has 0 fully saturated rings. The lowest BCUT2D eigenvalue weighted by Gasteiger charge is -2.22. The number of hydrogen-bond acceptors (Lipinski definition) is 5. The van der Waals surface area contributed by atoms with E-state index in [9.17, 15) is 4.79 Å². The van der Waals surface area contributed by atoms with Crippen LogP contribution < -0.4 is 5.32 Å². The van der Waals surface area contributed by atoms with Gasteiger partial charge in [0.2, 0.25) is 0 Å². The standard InChI is InChI=1S/C22H23ClN4O2S/c1-14-16-11-20(21(28)24-12-18(26(2)3)19-9-6-10-29-19)30-22(16)27(25-14)13-15-7-4-5-8-17(15)23/h4-11,18H,12-13H2,1-3H3,(H,24,28)/t18-/m1/s1. The highest BCUT2D eigenvalue weighted by Crippen LogP contribution is 2.30. The second-order valence-corrected chi connectivity index (χ2v) is 8.81. The van der Waals surface area contributed by atoms with Crippen LogP contribution in [0.5, 0.6) is 0 Å². The van der Waals surface area contributed by atoms with Crippen molar-refractivity contribution in [2.75, 3.05) is 20.6 Å². The van der Waals surface area contributed by atoms with E-state index in [0.29, 0.717) is 23.0 Å². The minimum atomic E-state index is -0.0988. The summed E-state index contributed by atoms with van der Waals surface area (Å²) in [6.45, 7) is 2.98. The molecule has 3 heterocycles. The van der Waals surface area contributed by atoms with Crippen LogP contribution in [-0.4, -0.2) is 41.2 Å². The van der Waals surface area contributed by atoms with Crippen LogP contribution in [-0.2, 0) is 6.54 Å². The third-order valence-electron chi connectivity index (χ3n) is 5.06. The number of likely N-dealkylation sites (N-methyl/N-ethyl adjacent to an activating group) is 1. The van der Waals surface area contributed by atoms with Crippen molar-refractivity contribution in [2.45, 2.75) is 19.5 Å². The number of nitrogens with one attached hydrogen (secondary N) is 1. The molecule has 0 radical (unpaired) electrons. The van der Waals surface area contributed by atoms with Gasteiger partial charge in [0.05, 0.1) is 29.4 Å². The number of rotatable bonds is 7. The summed E-state index contributed by atoms with van der Waals surface area (Å²) in [5.41, 5.74) is 1.89. The fraction of sp³-hybridized carbons (Fsp3) is 0.273. The number of carbonyl (C=O) groups excluding carboxylic acids is 1. The molecular weight excluding hydrogens is 420 g/mol. The van der Waals surface area contributed by atoms with Crippen LogP contribution in [0.15, 0.2) is 53.1 Å². The van der Waals surface area contributed by atoms with Gasteiger partial charge >= 0.3 is 0 Å². The maximum Gasteiger partial charge on any atom is 0.261 e. The molecule has 0 aliphatic rings. The molecule has 1 N–H and O–H groups in total. The molecule has 0 aliphatic heterocycles. The Morgan fingerprint density at radius 2 is 2.10 bits per heavy atom. The Balaban J connectivity index is 1.53. The zero-order valence-corrected chi connectivity index (χ0v) is 18.6. The van der Waals surface area contributed by atoms with Crippen molar-refractivity contribution < 1.29 is 9.21 Å². The number of halogens is 1. The molecule has 156 valence electrons. The number of hydrogen-bond donors (Lipinski definition) is 1. The molecule has 0 aliphatic carbocycles. The smallest absolute Gasteiger partial charge is 0.261 e. The maximum atomic E-state index is 12.8. The first-order valence-electron chi connectivity index (χ1n) is 9.62. The molecule has 0 saturated heterocycles. The van der Waals surface area contributed by atoms with E-state index in [4.69, 9.17) is 16.0 Å². The second-order valence-electron chi connectivity index (χ2n) is 7.37. The predicted octanol–water partition coefficient (Wildman–Crippen LogP) is 4.73. The van der Waals surface area contributed by atoms with Crippen molar-refractivity contribution in [1.29, 1.82) is 0 Å². The highest BCUT2D eigenvalue weighted by atomic mass is 35.5. The molecule has 1 amide bonds. The van der Waals surface area contributed by atoms with Gasteiger partial charge in [-0.2, -0.15) is 5.10 Å². The van der Waals surface area contributed by atoms with Crippen LogP contribution in [0, 0.1) is 6.92 Å². The van der Waals surface area contributed by atoms with Crippen molar-refractivity contribution in [3.05, 3.63) is 75.6 Å². The van der Waals surface area contributed by atoms with Crippen LogP contribution in [0.2, 0.25) is 5.02 Å². The number of furan rings is 1. The first kappa shape index (κ1) is 20.7. The number of thiophene rings is 1. The normalized spacial score (nSPS) is 12.6. The van der Waals surface area contributed by atoms with Crippen LogP contribution in [0.1, 0.15) is 32.7 Å². The number of amides is 1. The summed E-state index contributed by atoms with van der Waals surface area (Å²) in [6, 6.07) is 13.4. The summed E-state index contributed by atoms with van der Waals surface area (Å²) in [7, 11) is 3.93. The summed E-state index contributed by atoms with van der Waals surface area (Å²) < 4.78 is 7.43. The Bertz CT molecular complexity index is 1160. The molecule has 0 bridgehead atoms. The number of aryl methyl sites for hydroxylation is 1. The van der Waals surface area contributed by atoms with Crippen LogP contribution in [0.4, 0.5) is 0 Å². The van der Waals surface area contributed by atoms with Crippen molar-refractivity contribution in [2.24, 2.45) is 0 Å². The topological polar surface area (TPSA) is 63.3 Å². The molecule has 8 heteroatoms. The molecule has 30 heavy (non-hydrogen) atoms. The summed E-state index contributed by atoms with van der Waals surface area (Å²) in [5.74, 6) is 0.723. The molecule has 1 aromatic carbocycles. The van der Waals surface area contributed by atoms with E-state index in [1.54, 1.807) is 6.26 Å². The molecule has 4 rings (SSSR count). The van der Waals surface area contributed by atoms with Gasteiger partial charge in [-0.05, 0) is 50.8 Å². The maximum absolute atomic E-state index is 12.8. The monoisotopic (exact) mass is 442 g/mol. The first-order chi connectivity index (χ1) is 14.4. The Morgan fingerprint density at radius 3 is 2.80 bits per heavy atom. The molecule has 6 nitrogen and oxygen atoms in total. The van der Waals surface area contributed by atoms with Crippen molar-refractivity contribution in [3.63, 3.8) is 0 Å². The van der Waals surface area contributed by atoms with Crippen LogP contribution in [0.3, 0.4) is 0 Å². The van der Waals surface area contributed by atoms with Gasteiger partial charge in [-0.25, -0.2) is 0 Å². The zero-order valence-electron chi connectivity index (χ0n) is 17.1. The number of benzene rings is 1. The van der Waals surface area contributed by atoms with Gasteiger partial charge in [-0.15, -0.1) is 11.3 Å². The molecule has 3 aromatic heterocycles. The zero-order chi connectivity index (χ0) is 21.3. The third kappa shape index (κ3) is 4.14. The lowest BCUT2D eigenvalue weighted by atomic mass is 10.2. The molecule has 4 aromatic rings. The second kappa shape index (κ2) is 8.63. The molecule has 0 spiro atoms. The van der Waals surface area contributed by atoms with E-state index in [1.165, 1.54) is 11.3 Å². The molecular formula is C22H23ClN4O2S. The minimum Gasteiger partial charge on any atom is -0.468 e. The van der Waals surface area contributed by atoms with Gasteiger partial charge in [0.15, 0.2) is 0 Å². The third-order valence-corrected chi connectivity index (χ3v) is 6.58. The van der Waals surface area contributed by atoms with Gasteiger partial charge in [0.1, 0.15) is 10.6 Å². The van der Waals surface area contributed by atoms with Crippen molar-refractivity contribution in [3.8, 4) is 0 Å². The summed E-state index contributed by atoms with van der Waals surface area (Å²) in [6.07, 6.45) is 1.65. The number of nitrogens with zero attached hydrogens (tertiary/aromatic N) is 3. The van der Waals surface area contributed by atoms with E-state index in [-0.39, 0.29) is 11.9 Å². The number of aromatic nitrogens is 2. The lowest BCUT2D eigenvalue weighted by Crippen LogP contribution is -2.34. The van der Waals surface area contributed by atoms with E-state index < -0.39 is 0 Å². The van der Waals surface area contributed by atoms with E-state index in [0.717, 1.165) is 27.2 Å². The number of carbonyl (C=O) groups is 1. The Hall–Kier alpha value is -2.61. The van der Waals surface area contributed by atoms with Gasteiger partial charge in [-0.3, -0.25) is 14.4 Å². The fourth-order valence-corrected chi connectivity index (χ4v) is 4.69. The largest absolute Gasteiger partial charge is 0.468 e. The average molecular weight is 443 g/mol. The number of fused-ring (bicyclic) bond motifs is 1. The van der Waals surface area contributed by atoms with E-state index >= 15 is 0 Å². The summed E-state index contributed by atoms with van der Waals surface area (Å²) in [4.78, 5) is 16.5. The van der Waals surface area contributed by atoms with Gasteiger partial charge in [-0.1, -0.05) is 29.8 Å². The SMILES string of the molecule is Cc1nn(Cc2ccccc2Cl)c2sc(C(=O)NC[C@H](c3ccco3)N(C)C)cc12. The molecule has 0 saturated carbocycles. The van der Waals surface area contributed by atoms with Crippen LogP contribution >= 0.6 is 22.9 Å².